The van der Waals surface area contributed by atoms with Crippen LogP contribution in [-0.2, 0) is 17.9 Å². The lowest BCUT2D eigenvalue weighted by Gasteiger charge is -2.27. The number of halogens is 2. The van der Waals surface area contributed by atoms with E-state index in [0.717, 1.165) is 16.9 Å². The van der Waals surface area contributed by atoms with Crippen LogP contribution in [0.4, 0.5) is 8.78 Å². The Labute approximate surface area is 251 Å². The van der Waals surface area contributed by atoms with Crippen molar-refractivity contribution in [1.82, 2.24) is 45.0 Å². The number of amides is 1. The fourth-order valence-corrected chi connectivity index (χ4v) is 4.94. The van der Waals surface area contributed by atoms with E-state index in [0.29, 0.717) is 26.2 Å². The van der Waals surface area contributed by atoms with Gasteiger partial charge in [0, 0.05) is 61.6 Å². The molecule has 0 atom stereocenters. The second-order valence-corrected chi connectivity index (χ2v) is 9.80. The molecular formula is C27H29F2N9O2S. The predicted octanol–water partition coefficient (Wildman–Crippen LogP) is 3.24. The summed E-state index contributed by atoms with van der Waals surface area (Å²) in [5.74, 6) is -2.77. The fraction of sp³-hybridized carbons (Fsp3) is 0.407. The Morgan fingerprint density at radius 2 is 2.00 bits per heavy atom. The van der Waals surface area contributed by atoms with Gasteiger partial charge in [0.2, 0.25) is 5.91 Å². The highest BCUT2D eigenvalue weighted by molar-refractivity contribution is 7.99. The Bertz CT molecular complexity index is 1880. The maximum absolute atomic E-state index is 15.3. The summed E-state index contributed by atoms with van der Waals surface area (Å²) in [4.78, 5) is 19.3. The summed E-state index contributed by atoms with van der Waals surface area (Å²) in [6.45, 7) is 1.63. The van der Waals surface area contributed by atoms with Gasteiger partial charge in [0.25, 0.3) is 0 Å². The molecule has 11 nitrogen and oxygen atoms in total. The molecule has 1 aromatic carbocycles. The highest BCUT2D eigenvalue weighted by Crippen LogP contribution is 2.35. The van der Waals surface area contributed by atoms with E-state index in [1.165, 1.54) is 35.3 Å². The van der Waals surface area contributed by atoms with E-state index in [1.807, 2.05) is 0 Å². The number of hydrogen-bond donors (Lipinski definition) is 1. The topological polar surface area (TPSA) is 116 Å². The first-order valence-corrected chi connectivity index (χ1v) is 13.3. The Morgan fingerprint density at radius 3 is 2.78 bits per heavy atom. The van der Waals surface area contributed by atoms with E-state index >= 15 is 8.78 Å². The molecule has 1 saturated heterocycles. The SMILES string of the molecule is [2H]C1([2H])C([2H])([2H])C([2H])([2H])C([2H])(Sc2nnc(COc3cc(F)c(-c4cnn(CC(=O)N5CCNCC5)n4)cc3F)n2-c2cccnc2)C1([2H])[2H]. The number of pyridine rings is 1. The van der Waals surface area contributed by atoms with Crippen molar-refractivity contribution >= 4 is 17.7 Å². The number of thioether (sulfide) groups is 1. The summed E-state index contributed by atoms with van der Waals surface area (Å²) in [5.41, 5.74) is -0.0508. The first kappa shape index (κ1) is 18.5. The van der Waals surface area contributed by atoms with Crippen molar-refractivity contribution in [3.8, 4) is 22.7 Å². The van der Waals surface area contributed by atoms with E-state index in [1.54, 1.807) is 4.90 Å². The molecule has 1 saturated carbocycles. The summed E-state index contributed by atoms with van der Waals surface area (Å²) in [7, 11) is 0. The Balaban J connectivity index is 1.25. The second kappa shape index (κ2) is 12.3. The van der Waals surface area contributed by atoms with Gasteiger partial charge in [-0.25, -0.2) is 8.78 Å². The number of ether oxygens (including phenoxy) is 1. The third-order valence-electron chi connectivity index (χ3n) is 6.15. The summed E-state index contributed by atoms with van der Waals surface area (Å²) < 4.78 is 112. The van der Waals surface area contributed by atoms with Gasteiger partial charge < -0.3 is 15.0 Å². The van der Waals surface area contributed by atoms with Crippen molar-refractivity contribution in [2.75, 3.05) is 26.2 Å². The van der Waals surface area contributed by atoms with Crippen molar-refractivity contribution in [2.45, 2.75) is 49.0 Å². The molecular weight excluding hydrogens is 552 g/mol. The van der Waals surface area contributed by atoms with Crippen LogP contribution in [0.5, 0.6) is 5.75 Å². The molecule has 6 rings (SSSR count). The molecule has 0 bridgehead atoms. The lowest BCUT2D eigenvalue weighted by atomic mass is 10.1. The van der Waals surface area contributed by atoms with Crippen LogP contribution in [0.1, 0.15) is 43.7 Å². The molecule has 0 radical (unpaired) electrons. The van der Waals surface area contributed by atoms with Crippen molar-refractivity contribution in [3.63, 3.8) is 0 Å². The number of nitrogens with zero attached hydrogens (tertiary/aromatic N) is 8. The largest absolute Gasteiger partial charge is 0.482 e. The van der Waals surface area contributed by atoms with E-state index < -0.39 is 54.7 Å². The molecule has 214 valence electrons. The summed E-state index contributed by atoms with van der Waals surface area (Å²) in [5, 5.41) is 15.7. The number of carbonyl (C=O) groups is 1. The van der Waals surface area contributed by atoms with Crippen molar-refractivity contribution in [2.24, 2.45) is 0 Å². The van der Waals surface area contributed by atoms with Gasteiger partial charge in [-0.1, -0.05) is 24.5 Å². The summed E-state index contributed by atoms with van der Waals surface area (Å²) in [6.07, 6.45) is -9.65. The minimum Gasteiger partial charge on any atom is -0.482 e. The summed E-state index contributed by atoms with van der Waals surface area (Å²) in [6, 6.07) is 4.65. The number of hydrogen-bond acceptors (Lipinski definition) is 9. The highest BCUT2D eigenvalue weighted by atomic mass is 32.2. The molecule has 41 heavy (non-hydrogen) atoms. The molecule has 3 aromatic heterocycles. The number of rotatable bonds is 9. The quantitative estimate of drug-likeness (QED) is 0.314. The smallest absolute Gasteiger partial charge is 0.246 e. The number of benzene rings is 1. The normalized spacial score (nSPS) is 24.8. The van der Waals surface area contributed by atoms with Crippen LogP contribution >= 0.6 is 11.8 Å². The van der Waals surface area contributed by atoms with Crippen LogP contribution in [0.25, 0.3) is 16.9 Å². The Kier molecular flexibility index (Phi) is 5.56. The first-order valence-electron chi connectivity index (χ1n) is 17.0. The predicted molar refractivity (Wildman–Crippen MR) is 146 cm³/mol. The molecule has 1 N–H and O–H groups in total. The zero-order valence-electron chi connectivity index (χ0n) is 30.3. The van der Waals surface area contributed by atoms with E-state index in [2.05, 4.69) is 30.7 Å². The average molecular weight is 591 g/mol. The van der Waals surface area contributed by atoms with Gasteiger partial charge in [0.15, 0.2) is 22.5 Å². The van der Waals surface area contributed by atoms with Crippen LogP contribution < -0.4 is 10.1 Å². The first-order chi connectivity index (χ1) is 23.4. The van der Waals surface area contributed by atoms with Crippen LogP contribution in [0.15, 0.2) is 48.0 Å². The van der Waals surface area contributed by atoms with Gasteiger partial charge in [0.1, 0.15) is 24.7 Å². The highest BCUT2D eigenvalue weighted by Gasteiger charge is 2.23. The van der Waals surface area contributed by atoms with Crippen LogP contribution in [0.2, 0.25) is 0 Å². The monoisotopic (exact) mass is 590 g/mol. The molecule has 0 unspecified atom stereocenters. The van der Waals surface area contributed by atoms with Crippen LogP contribution in [0.3, 0.4) is 0 Å². The molecule has 0 spiro atoms. The minimum atomic E-state index is -3.42. The van der Waals surface area contributed by atoms with Gasteiger partial charge in [0.05, 0.1) is 18.1 Å². The standard InChI is InChI=1S/C27H29F2N9O2S/c28-21-13-24(22(29)12-20(21)23-15-32-37(35-23)16-26(39)36-10-8-30-9-11-36)40-17-25-33-34-27(41-19-5-1-2-6-19)38(25)18-4-3-7-31-14-18/h3-4,7,12-15,19,30H,1-2,5-6,8-11,16-17H2/i1D2,2D2,5D2,6D2,19D. The van der Waals surface area contributed by atoms with E-state index in [4.69, 9.17) is 17.1 Å². The van der Waals surface area contributed by atoms with Gasteiger partial charge >= 0.3 is 0 Å². The number of piperazine rings is 1. The maximum atomic E-state index is 15.3. The summed E-state index contributed by atoms with van der Waals surface area (Å²) >= 11 is 0.122. The van der Waals surface area contributed by atoms with E-state index in [9.17, 15) is 4.79 Å². The fourth-order valence-electron chi connectivity index (χ4n) is 4.16. The van der Waals surface area contributed by atoms with Crippen LogP contribution in [0, 0.1) is 11.6 Å². The number of carbonyl (C=O) groups excluding carboxylic acids is 1. The van der Waals surface area contributed by atoms with Gasteiger partial charge in [-0.15, -0.1) is 10.2 Å². The van der Waals surface area contributed by atoms with Gasteiger partial charge in [-0.3, -0.25) is 14.3 Å². The van der Waals surface area contributed by atoms with Crippen molar-refractivity contribution in [1.29, 1.82) is 0 Å². The average Bonchev–Trinajstić information content (AvgIpc) is 3.72. The Morgan fingerprint density at radius 1 is 1.17 bits per heavy atom. The zero-order valence-corrected chi connectivity index (χ0v) is 22.2. The van der Waals surface area contributed by atoms with Gasteiger partial charge in [-0.05, 0) is 30.9 Å². The Hall–Kier alpha value is -3.91. The third-order valence-corrected chi connectivity index (χ3v) is 7.00. The van der Waals surface area contributed by atoms with Gasteiger partial charge in [-0.2, -0.15) is 15.0 Å². The van der Waals surface area contributed by atoms with Crippen molar-refractivity contribution in [3.05, 3.63) is 60.3 Å². The molecule has 1 amide bonds. The second-order valence-electron chi connectivity index (χ2n) is 8.82. The van der Waals surface area contributed by atoms with E-state index in [-0.39, 0.29) is 52.1 Å². The lowest BCUT2D eigenvalue weighted by molar-refractivity contribution is -0.132. The third kappa shape index (κ3) is 6.22. The maximum Gasteiger partial charge on any atom is 0.246 e. The minimum absolute atomic E-state index is 0.0243. The van der Waals surface area contributed by atoms with Crippen molar-refractivity contribution < 1.29 is 30.6 Å². The molecule has 4 aromatic rings. The van der Waals surface area contributed by atoms with Crippen LogP contribution in [-0.4, -0.2) is 77.0 Å². The number of aromatic nitrogens is 7. The lowest BCUT2D eigenvalue weighted by Crippen LogP contribution is -2.47. The molecule has 2 fully saturated rings. The zero-order chi connectivity index (χ0) is 36.3. The molecule has 1 aliphatic carbocycles. The molecule has 14 heteroatoms. The molecule has 1 aliphatic heterocycles. The molecule has 2 aliphatic rings. The molecule has 4 heterocycles. The number of nitrogens with one attached hydrogen (secondary N) is 1.